The minimum atomic E-state index is 0. The summed E-state index contributed by atoms with van der Waals surface area (Å²) in [5, 5.41) is 5.89. The van der Waals surface area contributed by atoms with Gasteiger partial charge in [-0.3, -0.25) is 4.79 Å². The fraction of sp³-hybridized carbons (Fsp3) is 0.476. The van der Waals surface area contributed by atoms with E-state index in [0.29, 0.717) is 11.8 Å². The monoisotopic (exact) mass is 358 g/mol. The van der Waals surface area contributed by atoms with Gasteiger partial charge in [-0.05, 0) is 60.5 Å². The Morgan fingerprint density at radius 3 is 2.40 bits per heavy atom. The third-order valence-corrected chi connectivity index (χ3v) is 6.06. The molecular weight excluding hydrogens is 332 g/mol. The Morgan fingerprint density at radius 2 is 1.64 bits per heavy atom. The van der Waals surface area contributed by atoms with Crippen LogP contribution in [0.1, 0.15) is 31.2 Å². The molecule has 0 unspecified atom stereocenters. The van der Waals surface area contributed by atoms with Gasteiger partial charge >= 0.3 is 0 Å². The number of likely N-dealkylation sites (tertiary alicyclic amines) is 1. The molecule has 2 aromatic carbocycles. The third kappa shape index (κ3) is 3.83. The van der Waals surface area contributed by atoms with Crippen LogP contribution in [-0.2, 0) is 11.2 Å². The van der Waals surface area contributed by atoms with Crippen molar-refractivity contribution in [2.75, 3.05) is 26.2 Å². The maximum atomic E-state index is 12.8. The molecular formula is C21H27ClN2O. The van der Waals surface area contributed by atoms with Crippen molar-refractivity contribution >= 4 is 29.1 Å². The number of nitrogens with one attached hydrogen (secondary N) is 1. The second kappa shape index (κ2) is 7.76. The van der Waals surface area contributed by atoms with Crippen LogP contribution in [-0.4, -0.2) is 37.0 Å². The highest BCUT2D eigenvalue weighted by atomic mass is 35.5. The van der Waals surface area contributed by atoms with Crippen molar-refractivity contribution in [2.45, 2.75) is 32.1 Å². The molecule has 0 aliphatic carbocycles. The fourth-order valence-electron chi connectivity index (χ4n) is 4.41. The maximum absolute atomic E-state index is 12.8. The molecule has 2 aliphatic heterocycles. The number of hydrogen-bond acceptors (Lipinski definition) is 2. The lowest BCUT2D eigenvalue weighted by Gasteiger charge is -2.44. The number of halogens is 1. The zero-order valence-corrected chi connectivity index (χ0v) is 15.5. The SMILES string of the molecule is Cl.O=C(Cc1cccc2ccccc12)N1CCC2(CCNCC2)CC1. The lowest BCUT2D eigenvalue weighted by Crippen LogP contribution is -2.47. The van der Waals surface area contributed by atoms with Crippen molar-refractivity contribution in [1.29, 1.82) is 0 Å². The van der Waals surface area contributed by atoms with Gasteiger partial charge in [-0.2, -0.15) is 0 Å². The highest BCUT2D eigenvalue weighted by molar-refractivity contribution is 5.90. The van der Waals surface area contributed by atoms with Crippen LogP contribution in [0.25, 0.3) is 10.8 Å². The van der Waals surface area contributed by atoms with Gasteiger partial charge < -0.3 is 10.2 Å². The summed E-state index contributed by atoms with van der Waals surface area (Å²) in [5.74, 6) is 0.287. The first kappa shape index (κ1) is 18.2. The summed E-state index contributed by atoms with van der Waals surface area (Å²) in [4.78, 5) is 14.9. The first-order valence-electron chi connectivity index (χ1n) is 9.21. The van der Waals surface area contributed by atoms with Gasteiger partial charge in [-0.15, -0.1) is 12.4 Å². The van der Waals surface area contributed by atoms with E-state index in [2.05, 4.69) is 52.7 Å². The Balaban J connectivity index is 0.00000182. The Labute approximate surface area is 156 Å². The van der Waals surface area contributed by atoms with Crippen molar-refractivity contribution in [1.82, 2.24) is 10.2 Å². The molecule has 0 atom stereocenters. The zero-order valence-electron chi connectivity index (χ0n) is 14.7. The molecule has 0 aromatic heterocycles. The smallest absolute Gasteiger partial charge is 0.227 e. The van der Waals surface area contributed by atoms with E-state index < -0.39 is 0 Å². The molecule has 1 amide bonds. The van der Waals surface area contributed by atoms with Crippen molar-refractivity contribution < 1.29 is 4.79 Å². The molecule has 25 heavy (non-hydrogen) atoms. The van der Waals surface area contributed by atoms with E-state index in [-0.39, 0.29) is 18.3 Å². The number of carbonyl (C=O) groups excluding carboxylic acids is 1. The standard InChI is InChI=1S/C21H26N2O.ClH/c24-20(16-18-6-3-5-17-4-1-2-7-19(17)18)23-14-10-21(11-15-23)8-12-22-13-9-21;/h1-7,22H,8-16H2;1H. The fourth-order valence-corrected chi connectivity index (χ4v) is 4.41. The van der Waals surface area contributed by atoms with Gasteiger partial charge in [0.2, 0.25) is 5.91 Å². The molecule has 0 bridgehead atoms. The van der Waals surface area contributed by atoms with Gasteiger partial charge in [-0.25, -0.2) is 0 Å². The van der Waals surface area contributed by atoms with Gasteiger partial charge in [0.25, 0.3) is 0 Å². The molecule has 0 saturated carbocycles. The summed E-state index contributed by atoms with van der Waals surface area (Å²) in [5.41, 5.74) is 1.65. The minimum absolute atomic E-state index is 0. The quantitative estimate of drug-likeness (QED) is 0.885. The zero-order chi connectivity index (χ0) is 16.4. The number of fused-ring (bicyclic) bond motifs is 1. The van der Waals surface area contributed by atoms with Crippen LogP contribution in [0.2, 0.25) is 0 Å². The second-order valence-corrected chi connectivity index (χ2v) is 7.45. The van der Waals surface area contributed by atoms with E-state index in [1.54, 1.807) is 0 Å². The van der Waals surface area contributed by atoms with Gasteiger partial charge in [0.15, 0.2) is 0 Å². The predicted octanol–water partition coefficient (Wildman–Crippen LogP) is 3.80. The van der Waals surface area contributed by atoms with Gasteiger partial charge in [0.1, 0.15) is 0 Å². The molecule has 2 fully saturated rings. The largest absolute Gasteiger partial charge is 0.342 e. The molecule has 1 spiro atoms. The van der Waals surface area contributed by atoms with Crippen molar-refractivity contribution in [3.63, 3.8) is 0 Å². The van der Waals surface area contributed by atoms with Crippen LogP contribution in [0.15, 0.2) is 42.5 Å². The molecule has 2 aliphatic rings. The summed E-state index contributed by atoms with van der Waals surface area (Å²) >= 11 is 0. The van der Waals surface area contributed by atoms with Crippen LogP contribution in [0.3, 0.4) is 0 Å². The molecule has 4 heteroatoms. The number of amides is 1. The highest BCUT2D eigenvalue weighted by Gasteiger charge is 2.36. The van der Waals surface area contributed by atoms with Crippen LogP contribution in [0, 0.1) is 5.41 Å². The summed E-state index contributed by atoms with van der Waals surface area (Å²) in [6.45, 7) is 4.15. The Hall–Kier alpha value is -1.58. The predicted molar refractivity (Wildman–Crippen MR) is 105 cm³/mol. The van der Waals surface area contributed by atoms with Crippen molar-refractivity contribution in [2.24, 2.45) is 5.41 Å². The molecule has 4 rings (SSSR count). The van der Waals surface area contributed by atoms with E-state index in [9.17, 15) is 4.79 Å². The summed E-state index contributed by atoms with van der Waals surface area (Å²) in [6, 6.07) is 14.6. The van der Waals surface area contributed by atoms with Crippen molar-refractivity contribution in [3.8, 4) is 0 Å². The molecule has 3 nitrogen and oxygen atoms in total. The molecule has 134 valence electrons. The summed E-state index contributed by atoms with van der Waals surface area (Å²) < 4.78 is 0. The Kier molecular flexibility index (Phi) is 5.65. The number of benzene rings is 2. The molecule has 2 aromatic rings. The Bertz CT molecular complexity index is 724. The normalized spacial score (nSPS) is 19.6. The second-order valence-electron chi connectivity index (χ2n) is 7.45. The number of rotatable bonds is 2. The van der Waals surface area contributed by atoms with E-state index in [1.165, 1.54) is 36.5 Å². The van der Waals surface area contributed by atoms with Crippen molar-refractivity contribution in [3.05, 3.63) is 48.0 Å². The number of carbonyl (C=O) groups is 1. The van der Waals surface area contributed by atoms with Crippen LogP contribution < -0.4 is 5.32 Å². The van der Waals surface area contributed by atoms with Crippen LogP contribution >= 0.6 is 12.4 Å². The van der Waals surface area contributed by atoms with Gasteiger partial charge in [0.05, 0.1) is 6.42 Å². The summed E-state index contributed by atoms with van der Waals surface area (Å²) in [7, 11) is 0. The topological polar surface area (TPSA) is 32.3 Å². The van der Waals surface area contributed by atoms with Crippen LogP contribution in [0.5, 0.6) is 0 Å². The third-order valence-electron chi connectivity index (χ3n) is 6.06. The molecule has 0 radical (unpaired) electrons. The minimum Gasteiger partial charge on any atom is -0.342 e. The van der Waals surface area contributed by atoms with Crippen LogP contribution in [0.4, 0.5) is 0 Å². The number of piperidine rings is 2. The Morgan fingerprint density at radius 1 is 0.960 bits per heavy atom. The van der Waals surface area contributed by atoms with E-state index in [1.807, 2.05) is 0 Å². The van der Waals surface area contributed by atoms with Gasteiger partial charge in [0, 0.05) is 13.1 Å². The summed E-state index contributed by atoms with van der Waals surface area (Å²) in [6.07, 6.45) is 5.43. The van der Waals surface area contributed by atoms with E-state index in [0.717, 1.165) is 31.7 Å². The van der Waals surface area contributed by atoms with E-state index in [4.69, 9.17) is 0 Å². The number of nitrogens with zero attached hydrogens (tertiary/aromatic N) is 1. The first-order chi connectivity index (χ1) is 11.8. The molecule has 2 saturated heterocycles. The average Bonchev–Trinajstić information content (AvgIpc) is 2.63. The lowest BCUT2D eigenvalue weighted by molar-refractivity contribution is -0.133. The maximum Gasteiger partial charge on any atom is 0.227 e. The number of hydrogen-bond donors (Lipinski definition) is 1. The van der Waals surface area contributed by atoms with E-state index >= 15 is 0 Å². The lowest BCUT2D eigenvalue weighted by atomic mass is 9.71. The molecule has 2 heterocycles. The average molecular weight is 359 g/mol. The first-order valence-corrected chi connectivity index (χ1v) is 9.21. The molecule has 1 N–H and O–H groups in total. The highest BCUT2D eigenvalue weighted by Crippen LogP contribution is 2.39. The van der Waals surface area contributed by atoms with Gasteiger partial charge in [-0.1, -0.05) is 42.5 Å².